The van der Waals surface area contributed by atoms with Crippen LogP contribution in [0.4, 0.5) is 0 Å². The Labute approximate surface area is 120 Å². The zero-order chi connectivity index (χ0) is 14.5. The summed E-state index contributed by atoms with van der Waals surface area (Å²) in [5.74, 6) is -0.570. The average Bonchev–Trinajstić information content (AvgIpc) is 2.82. The first-order valence-electron chi connectivity index (χ1n) is 6.08. The number of carbonyl (C=O) groups excluding carboxylic acids is 2. The number of fused-ring (bicyclic) bond motifs is 1. The topological polar surface area (TPSA) is 66.8 Å². The van der Waals surface area contributed by atoms with Gasteiger partial charge in [-0.15, -0.1) is 11.3 Å². The van der Waals surface area contributed by atoms with E-state index in [-0.39, 0.29) is 13.1 Å². The highest BCUT2D eigenvalue weighted by molar-refractivity contribution is 7.28. The Morgan fingerprint density at radius 2 is 2.25 bits per heavy atom. The van der Waals surface area contributed by atoms with Crippen molar-refractivity contribution in [1.82, 2.24) is 4.90 Å². The number of hydrogen-bond acceptors (Lipinski definition) is 6. The molecule has 1 heterocycles. The number of aldehydes is 1. The summed E-state index contributed by atoms with van der Waals surface area (Å²) in [6, 6.07) is 9.49. The van der Waals surface area contributed by atoms with E-state index in [0.29, 0.717) is 11.1 Å². The molecule has 0 spiro atoms. The first-order valence-corrected chi connectivity index (χ1v) is 6.90. The smallest absolute Gasteiger partial charge is 0.504 e. The molecule has 0 unspecified atom stereocenters. The summed E-state index contributed by atoms with van der Waals surface area (Å²) >= 11 is 1.38. The minimum absolute atomic E-state index is 0.0410. The van der Waals surface area contributed by atoms with Crippen LogP contribution >= 0.6 is 11.3 Å². The lowest BCUT2D eigenvalue weighted by molar-refractivity contribution is -0.136. The molecule has 2 aromatic rings. The zero-order valence-electron chi connectivity index (χ0n) is 11.0. The van der Waals surface area contributed by atoms with E-state index < -0.39 is 13.1 Å². The highest BCUT2D eigenvalue weighted by atomic mass is 32.1. The van der Waals surface area contributed by atoms with Gasteiger partial charge in [0.25, 0.3) is 0 Å². The van der Waals surface area contributed by atoms with Crippen molar-refractivity contribution < 1.29 is 19.3 Å². The van der Waals surface area contributed by atoms with Crippen molar-refractivity contribution in [2.75, 3.05) is 20.1 Å². The second-order valence-corrected chi connectivity index (χ2v) is 5.51. The summed E-state index contributed by atoms with van der Waals surface area (Å²) in [5.41, 5.74) is 0. The number of thiophene rings is 1. The molecule has 0 saturated carbocycles. The maximum Gasteiger partial charge on any atom is 0.572 e. The van der Waals surface area contributed by atoms with Gasteiger partial charge < -0.3 is 14.5 Å². The van der Waals surface area contributed by atoms with E-state index in [9.17, 15) is 14.6 Å². The van der Waals surface area contributed by atoms with Gasteiger partial charge >= 0.3 is 13.1 Å². The van der Waals surface area contributed by atoms with Crippen molar-refractivity contribution >= 4 is 45.6 Å². The molecule has 0 bridgehead atoms. The van der Waals surface area contributed by atoms with E-state index >= 15 is 0 Å². The summed E-state index contributed by atoms with van der Waals surface area (Å²) in [6.07, 6.45) is 0.704. The van der Waals surface area contributed by atoms with E-state index in [4.69, 9.17) is 4.65 Å². The quantitative estimate of drug-likeness (QED) is 0.611. The van der Waals surface area contributed by atoms with Crippen molar-refractivity contribution in [3.05, 3.63) is 30.3 Å². The van der Waals surface area contributed by atoms with Crippen molar-refractivity contribution in [2.24, 2.45) is 0 Å². The molecule has 1 aromatic carbocycles. The van der Waals surface area contributed by atoms with Crippen LogP contribution in [0.15, 0.2) is 30.3 Å². The predicted octanol–water partition coefficient (Wildman–Crippen LogP) is 0.263. The number of rotatable bonds is 6. The van der Waals surface area contributed by atoms with E-state index in [1.807, 2.05) is 24.3 Å². The molecule has 20 heavy (non-hydrogen) atoms. The largest absolute Gasteiger partial charge is 0.572 e. The lowest BCUT2D eigenvalue weighted by Crippen LogP contribution is -2.38. The molecule has 0 radical (unpaired) electrons. The van der Waals surface area contributed by atoms with Gasteiger partial charge in [-0.3, -0.25) is 9.69 Å². The monoisotopic (exact) mass is 291 g/mol. The molecule has 0 saturated heterocycles. The van der Waals surface area contributed by atoms with E-state index in [2.05, 4.69) is 0 Å². The third-order valence-electron chi connectivity index (χ3n) is 2.72. The number of benzene rings is 1. The molecule has 104 valence electrons. The van der Waals surface area contributed by atoms with Gasteiger partial charge in [-0.05, 0) is 24.6 Å². The van der Waals surface area contributed by atoms with Crippen molar-refractivity contribution in [2.45, 2.75) is 0 Å². The van der Waals surface area contributed by atoms with Gasteiger partial charge in [-0.1, -0.05) is 18.2 Å². The maximum atomic E-state index is 11.6. The van der Waals surface area contributed by atoms with E-state index in [0.717, 1.165) is 10.1 Å². The van der Waals surface area contributed by atoms with Crippen molar-refractivity contribution in [3.8, 4) is 0 Å². The molecule has 0 fully saturated rings. The Balaban J connectivity index is 1.98. The number of likely N-dealkylation sites (N-methyl/N-ethyl adjacent to an activating group) is 1. The second-order valence-electron chi connectivity index (χ2n) is 4.39. The van der Waals surface area contributed by atoms with Crippen LogP contribution in [0.1, 0.15) is 0 Å². The van der Waals surface area contributed by atoms with Crippen molar-refractivity contribution in [1.29, 1.82) is 0 Å². The van der Waals surface area contributed by atoms with Crippen LogP contribution in [0.3, 0.4) is 0 Å². The summed E-state index contributed by atoms with van der Waals surface area (Å²) in [6.45, 7) is 0.106. The van der Waals surface area contributed by atoms with Gasteiger partial charge in [0.2, 0.25) is 0 Å². The highest BCUT2D eigenvalue weighted by Gasteiger charge is 2.24. The fraction of sp³-hybridized carbons (Fsp3) is 0.231. The molecule has 0 aliphatic heterocycles. The molecule has 1 N–H and O–H groups in total. The number of carbonyl (C=O) groups is 2. The Hall–Kier alpha value is -1.70. The number of nitrogens with zero attached hydrogens (tertiary/aromatic N) is 1. The molecule has 0 aliphatic carbocycles. The van der Waals surface area contributed by atoms with Crippen LogP contribution in [0, 0.1) is 0 Å². The van der Waals surface area contributed by atoms with Gasteiger partial charge in [0.05, 0.1) is 17.9 Å². The Bertz CT molecular complexity index is 582. The lowest BCUT2D eigenvalue weighted by atomic mass is 9.88. The van der Waals surface area contributed by atoms with Crippen LogP contribution in [0.25, 0.3) is 10.1 Å². The Morgan fingerprint density at radius 1 is 1.50 bits per heavy atom. The third-order valence-corrected chi connectivity index (χ3v) is 3.86. The highest BCUT2D eigenvalue weighted by Crippen LogP contribution is 2.18. The third kappa shape index (κ3) is 3.66. The molecule has 7 heteroatoms. The lowest BCUT2D eigenvalue weighted by Gasteiger charge is -2.13. The molecule has 5 nitrogen and oxygen atoms in total. The molecular weight excluding hydrogens is 277 g/mol. The Morgan fingerprint density at radius 3 is 2.95 bits per heavy atom. The second kappa shape index (κ2) is 6.65. The molecule has 0 aliphatic rings. The minimum atomic E-state index is -1.27. The molecule has 0 atom stereocenters. The molecule has 1 aromatic heterocycles. The number of hydrogen-bond donors (Lipinski definition) is 1. The SMILES string of the molecule is CN(CC=O)CC(=O)OB(O)c1cc2ccccc2s1. The molecule has 0 amide bonds. The van der Waals surface area contributed by atoms with E-state index in [1.165, 1.54) is 16.2 Å². The van der Waals surface area contributed by atoms with Crippen LogP contribution < -0.4 is 4.78 Å². The van der Waals surface area contributed by atoms with Crippen LogP contribution in [-0.4, -0.2) is 49.4 Å². The van der Waals surface area contributed by atoms with Crippen LogP contribution in [0.2, 0.25) is 0 Å². The van der Waals surface area contributed by atoms with Gasteiger partial charge in [-0.2, -0.15) is 0 Å². The van der Waals surface area contributed by atoms with Gasteiger partial charge in [0.1, 0.15) is 6.29 Å². The minimum Gasteiger partial charge on any atom is -0.504 e. The zero-order valence-corrected chi connectivity index (χ0v) is 11.8. The molecular formula is C13H14BNO4S. The molecule has 2 rings (SSSR count). The predicted molar refractivity (Wildman–Crippen MR) is 79.1 cm³/mol. The average molecular weight is 291 g/mol. The van der Waals surface area contributed by atoms with E-state index in [1.54, 1.807) is 13.1 Å². The van der Waals surface area contributed by atoms with Crippen LogP contribution in [0.5, 0.6) is 0 Å². The van der Waals surface area contributed by atoms with Crippen molar-refractivity contribution in [3.63, 3.8) is 0 Å². The summed E-state index contributed by atoms with van der Waals surface area (Å²) < 4.78 is 6.56. The van der Waals surface area contributed by atoms with Gasteiger partial charge in [-0.25, -0.2) is 0 Å². The van der Waals surface area contributed by atoms with Gasteiger partial charge in [0, 0.05) is 4.70 Å². The summed E-state index contributed by atoms with van der Waals surface area (Å²) in [7, 11) is 0.353. The van der Waals surface area contributed by atoms with Crippen LogP contribution in [-0.2, 0) is 14.2 Å². The Kier molecular flexibility index (Phi) is 4.89. The fourth-order valence-corrected chi connectivity index (χ4v) is 2.74. The van der Waals surface area contributed by atoms with Gasteiger partial charge in [0.15, 0.2) is 0 Å². The first-order chi connectivity index (χ1) is 9.60. The fourth-order valence-electron chi connectivity index (χ4n) is 1.76. The first kappa shape index (κ1) is 14.7. The maximum absolute atomic E-state index is 11.6. The summed E-state index contributed by atoms with van der Waals surface area (Å²) in [5, 5.41) is 10.9. The standard InChI is InChI=1S/C13H14BNO4S/c1-15(6-7-16)9-13(17)19-14(18)12-8-10-4-2-3-5-11(10)20-12/h2-5,7-8,18H,6,9H2,1H3. The summed E-state index contributed by atoms with van der Waals surface area (Å²) in [4.78, 5) is 23.4. The normalized spacial score (nSPS) is 10.8.